The number of aryl methyl sites for hydroxylation is 1. The third-order valence-electron chi connectivity index (χ3n) is 3.50. The quantitative estimate of drug-likeness (QED) is 0.889. The highest BCUT2D eigenvalue weighted by Crippen LogP contribution is 2.25. The van der Waals surface area contributed by atoms with E-state index in [1.54, 1.807) is 13.1 Å². The van der Waals surface area contributed by atoms with E-state index < -0.39 is 11.4 Å². The van der Waals surface area contributed by atoms with Crippen LogP contribution in [-0.2, 0) is 11.3 Å². The Hall–Kier alpha value is -2.31. The zero-order valence-corrected chi connectivity index (χ0v) is 11.7. The first kappa shape index (κ1) is 14.1. The Bertz CT molecular complexity index is 607. The van der Waals surface area contributed by atoms with Crippen LogP contribution in [0.25, 0.3) is 11.4 Å². The van der Waals surface area contributed by atoms with Gasteiger partial charge in [0.05, 0.1) is 12.0 Å². The lowest BCUT2D eigenvalue weighted by molar-refractivity contribution is -0.149. The lowest BCUT2D eigenvalue weighted by atomic mass is 9.88. The topological polar surface area (TPSA) is 93.8 Å². The minimum absolute atomic E-state index is 0.217. The number of hydrogen-bond donors (Lipinski definition) is 1. The minimum Gasteiger partial charge on any atom is -0.481 e. The van der Waals surface area contributed by atoms with E-state index in [4.69, 9.17) is 0 Å². The zero-order valence-electron chi connectivity index (χ0n) is 11.7. The van der Waals surface area contributed by atoms with Crippen molar-refractivity contribution in [2.24, 2.45) is 5.41 Å². The fourth-order valence-electron chi connectivity index (χ4n) is 1.78. The highest BCUT2D eigenvalue weighted by atomic mass is 16.4. The van der Waals surface area contributed by atoms with Crippen LogP contribution in [0.15, 0.2) is 18.3 Å². The Morgan fingerprint density at radius 1 is 1.45 bits per heavy atom. The number of carbonyl (C=O) groups is 1. The Balaban J connectivity index is 2.34. The summed E-state index contributed by atoms with van der Waals surface area (Å²) in [7, 11) is 0. The molecule has 0 saturated carbocycles. The molecule has 0 spiro atoms. The summed E-state index contributed by atoms with van der Waals surface area (Å²) in [5.41, 5.74) is 0.767. The van der Waals surface area contributed by atoms with Crippen molar-refractivity contribution >= 4 is 5.97 Å². The normalized spacial score (nSPS) is 13.9. The molecule has 0 radical (unpaired) electrons. The van der Waals surface area contributed by atoms with Gasteiger partial charge in [0.1, 0.15) is 0 Å². The zero-order chi connectivity index (χ0) is 14.8. The summed E-state index contributed by atoms with van der Waals surface area (Å²) in [6.07, 6.45) is 2.18. The molecule has 2 heterocycles. The number of tetrazole rings is 1. The van der Waals surface area contributed by atoms with E-state index in [0.29, 0.717) is 12.2 Å². The Kier molecular flexibility index (Phi) is 3.78. The van der Waals surface area contributed by atoms with Gasteiger partial charge in [0.25, 0.3) is 0 Å². The minimum atomic E-state index is -0.901. The lowest BCUT2D eigenvalue weighted by Crippen LogP contribution is -2.32. The smallest absolute Gasteiger partial charge is 0.311 e. The molecule has 0 saturated heterocycles. The highest BCUT2D eigenvalue weighted by Gasteiger charge is 2.33. The molecule has 0 aliphatic carbocycles. The van der Waals surface area contributed by atoms with Gasteiger partial charge >= 0.3 is 5.97 Å². The summed E-state index contributed by atoms with van der Waals surface area (Å²) in [4.78, 5) is 15.6. The van der Waals surface area contributed by atoms with Gasteiger partial charge in [-0.1, -0.05) is 6.92 Å². The molecule has 1 unspecified atom stereocenters. The fourth-order valence-corrected chi connectivity index (χ4v) is 1.78. The number of carboxylic acid groups (broad SMARTS) is 1. The van der Waals surface area contributed by atoms with Crippen molar-refractivity contribution in [3.05, 3.63) is 24.0 Å². The van der Waals surface area contributed by atoms with Crippen molar-refractivity contribution in [3.8, 4) is 11.4 Å². The number of aliphatic carboxylic acids is 1. The maximum Gasteiger partial charge on any atom is 0.311 e. The van der Waals surface area contributed by atoms with Gasteiger partial charge < -0.3 is 5.11 Å². The first-order valence-electron chi connectivity index (χ1n) is 6.39. The fraction of sp³-hybridized carbons (Fsp3) is 0.462. The molecular formula is C13H17N5O2. The van der Waals surface area contributed by atoms with Crippen LogP contribution in [0, 0.1) is 12.3 Å². The second-order valence-electron chi connectivity index (χ2n) is 5.07. The molecule has 106 valence electrons. The van der Waals surface area contributed by atoms with Crippen LogP contribution in [0.3, 0.4) is 0 Å². The first-order valence-corrected chi connectivity index (χ1v) is 6.39. The third-order valence-corrected chi connectivity index (χ3v) is 3.50. The van der Waals surface area contributed by atoms with Gasteiger partial charge in [-0.25, -0.2) is 4.68 Å². The molecule has 0 aromatic carbocycles. The number of nitrogens with zero attached hydrogens (tertiary/aromatic N) is 5. The Labute approximate surface area is 116 Å². The third kappa shape index (κ3) is 2.66. The number of aromatic nitrogens is 5. The molecule has 20 heavy (non-hydrogen) atoms. The molecule has 2 aromatic rings. The predicted octanol–water partition coefficient (Wildman–Crippen LogP) is 1.54. The van der Waals surface area contributed by atoms with E-state index >= 15 is 0 Å². The molecular weight excluding hydrogens is 258 g/mol. The molecule has 2 aromatic heterocycles. The second-order valence-corrected chi connectivity index (χ2v) is 5.07. The van der Waals surface area contributed by atoms with Crippen LogP contribution in [0.4, 0.5) is 0 Å². The maximum atomic E-state index is 11.4. The second kappa shape index (κ2) is 5.36. The van der Waals surface area contributed by atoms with Crippen LogP contribution >= 0.6 is 0 Å². The van der Waals surface area contributed by atoms with Crippen molar-refractivity contribution < 1.29 is 9.90 Å². The average molecular weight is 275 g/mol. The first-order chi connectivity index (χ1) is 9.46. The van der Waals surface area contributed by atoms with E-state index in [-0.39, 0.29) is 6.54 Å². The van der Waals surface area contributed by atoms with Gasteiger partial charge in [0, 0.05) is 17.5 Å². The molecule has 0 aliphatic heterocycles. The van der Waals surface area contributed by atoms with Crippen LogP contribution < -0.4 is 0 Å². The number of carboxylic acids is 1. The monoisotopic (exact) mass is 275 g/mol. The van der Waals surface area contributed by atoms with Crippen molar-refractivity contribution in [1.82, 2.24) is 25.2 Å². The average Bonchev–Trinajstić information content (AvgIpc) is 2.87. The summed E-state index contributed by atoms with van der Waals surface area (Å²) in [6.45, 7) is 5.64. The number of rotatable bonds is 5. The van der Waals surface area contributed by atoms with Gasteiger partial charge in [-0.05, 0) is 42.8 Å². The molecule has 0 bridgehead atoms. The van der Waals surface area contributed by atoms with E-state index in [1.807, 2.05) is 26.0 Å². The highest BCUT2D eigenvalue weighted by molar-refractivity contribution is 5.74. The van der Waals surface area contributed by atoms with Gasteiger partial charge in [0.15, 0.2) is 5.82 Å². The maximum absolute atomic E-state index is 11.4. The molecule has 7 nitrogen and oxygen atoms in total. The summed E-state index contributed by atoms with van der Waals surface area (Å²) < 4.78 is 1.52. The molecule has 0 aliphatic rings. The number of pyridine rings is 1. The van der Waals surface area contributed by atoms with Gasteiger partial charge in [-0.2, -0.15) is 0 Å². The molecule has 1 N–H and O–H groups in total. The Morgan fingerprint density at radius 3 is 2.75 bits per heavy atom. The SMILES string of the molecule is CCC(C)(Cn1nnnc1-c1ccc(C)nc1)C(=O)O. The van der Waals surface area contributed by atoms with Gasteiger partial charge in [-0.3, -0.25) is 9.78 Å². The van der Waals surface area contributed by atoms with E-state index in [1.165, 1.54) is 4.68 Å². The lowest BCUT2D eigenvalue weighted by Gasteiger charge is -2.22. The predicted molar refractivity (Wildman–Crippen MR) is 71.8 cm³/mol. The Morgan fingerprint density at radius 2 is 2.20 bits per heavy atom. The van der Waals surface area contributed by atoms with Crippen molar-refractivity contribution in [1.29, 1.82) is 0 Å². The molecule has 1 atom stereocenters. The largest absolute Gasteiger partial charge is 0.481 e. The summed E-state index contributed by atoms with van der Waals surface area (Å²) in [6, 6.07) is 3.74. The van der Waals surface area contributed by atoms with Gasteiger partial charge in [-0.15, -0.1) is 5.10 Å². The van der Waals surface area contributed by atoms with E-state index in [9.17, 15) is 9.90 Å². The van der Waals surface area contributed by atoms with Crippen LogP contribution in [-0.4, -0.2) is 36.3 Å². The van der Waals surface area contributed by atoms with E-state index in [0.717, 1.165) is 11.3 Å². The van der Waals surface area contributed by atoms with Crippen LogP contribution in [0.2, 0.25) is 0 Å². The van der Waals surface area contributed by atoms with Gasteiger partial charge in [0.2, 0.25) is 0 Å². The summed E-state index contributed by atoms with van der Waals surface area (Å²) >= 11 is 0. The van der Waals surface area contributed by atoms with Crippen LogP contribution in [0.1, 0.15) is 26.0 Å². The summed E-state index contributed by atoms with van der Waals surface area (Å²) in [5.74, 6) is -0.332. The van der Waals surface area contributed by atoms with Crippen molar-refractivity contribution in [3.63, 3.8) is 0 Å². The van der Waals surface area contributed by atoms with Crippen LogP contribution in [0.5, 0.6) is 0 Å². The van der Waals surface area contributed by atoms with Crippen molar-refractivity contribution in [2.75, 3.05) is 0 Å². The molecule has 7 heteroatoms. The molecule has 0 fully saturated rings. The van der Waals surface area contributed by atoms with E-state index in [2.05, 4.69) is 20.5 Å². The standard InChI is InChI=1S/C13H17N5O2/c1-4-13(3,12(19)20)8-18-11(15-16-17-18)10-6-5-9(2)14-7-10/h5-7H,4,8H2,1-3H3,(H,19,20). The molecule has 2 rings (SSSR count). The molecule has 0 amide bonds. The van der Waals surface area contributed by atoms with Crippen molar-refractivity contribution in [2.45, 2.75) is 33.7 Å². The summed E-state index contributed by atoms with van der Waals surface area (Å²) in [5, 5.41) is 20.8. The number of hydrogen-bond acceptors (Lipinski definition) is 5.